The molecule has 0 N–H and O–H groups in total. The van der Waals surface area contributed by atoms with Crippen LogP contribution in [0.15, 0.2) is 78.9 Å². The van der Waals surface area contributed by atoms with E-state index in [2.05, 4.69) is 57.2 Å². The molecule has 28 heavy (non-hydrogen) atoms. The molecule has 1 atom stereocenters. The fraction of sp³-hybridized carbons (Fsp3) is 0.259. The molecule has 0 saturated carbocycles. The van der Waals surface area contributed by atoms with E-state index in [4.69, 9.17) is 0 Å². The number of aryl methyl sites for hydroxylation is 1. The number of rotatable bonds is 7. The van der Waals surface area contributed by atoms with Crippen molar-refractivity contribution in [1.82, 2.24) is 0 Å². The molecule has 3 aromatic rings. The van der Waals surface area contributed by atoms with Crippen LogP contribution >= 0.6 is 0 Å². The van der Waals surface area contributed by atoms with Crippen LogP contribution in [0.25, 0.3) is 0 Å². The van der Waals surface area contributed by atoms with Gasteiger partial charge < -0.3 is 0 Å². The van der Waals surface area contributed by atoms with Crippen LogP contribution in [0.5, 0.6) is 0 Å². The SMILES string of the molecule is [CH2]c1cccc(C)c1C(C)CC(C(=O)CC)(c1ccccc1)c1ccccc1. The number of ketones is 1. The van der Waals surface area contributed by atoms with Crippen LogP contribution < -0.4 is 0 Å². The smallest absolute Gasteiger partial charge is 0.147 e. The van der Waals surface area contributed by atoms with Gasteiger partial charge in [0.05, 0.1) is 5.41 Å². The summed E-state index contributed by atoms with van der Waals surface area (Å²) in [6, 6.07) is 26.8. The van der Waals surface area contributed by atoms with E-state index in [1.54, 1.807) is 0 Å². The Balaban J connectivity index is 2.20. The molecule has 0 aliphatic carbocycles. The van der Waals surface area contributed by atoms with Gasteiger partial charge in [0.2, 0.25) is 0 Å². The second-order valence-corrected chi connectivity index (χ2v) is 7.67. The average molecular weight is 370 g/mol. The van der Waals surface area contributed by atoms with Gasteiger partial charge in [0, 0.05) is 6.42 Å². The highest BCUT2D eigenvalue weighted by Gasteiger charge is 2.42. The molecule has 0 saturated heterocycles. The van der Waals surface area contributed by atoms with E-state index in [1.807, 2.05) is 49.4 Å². The summed E-state index contributed by atoms with van der Waals surface area (Å²) in [5.41, 5.74) is 5.01. The second-order valence-electron chi connectivity index (χ2n) is 7.67. The Morgan fingerprint density at radius 1 is 0.893 bits per heavy atom. The lowest BCUT2D eigenvalue weighted by molar-refractivity contribution is -0.123. The highest BCUT2D eigenvalue weighted by atomic mass is 16.1. The Labute approximate surface area is 169 Å². The quantitative estimate of drug-likeness (QED) is 0.456. The lowest BCUT2D eigenvalue weighted by atomic mass is 9.64. The monoisotopic (exact) mass is 369 g/mol. The van der Waals surface area contributed by atoms with Crippen LogP contribution in [0.2, 0.25) is 0 Å². The van der Waals surface area contributed by atoms with Crippen LogP contribution in [0.1, 0.15) is 60.4 Å². The van der Waals surface area contributed by atoms with E-state index in [9.17, 15) is 4.79 Å². The highest BCUT2D eigenvalue weighted by molar-refractivity contribution is 5.93. The zero-order valence-electron chi connectivity index (χ0n) is 17.1. The Morgan fingerprint density at radius 2 is 1.43 bits per heavy atom. The van der Waals surface area contributed by atoms with Crippen molar-refractivity contribution < 1.29 is 4.79 Å². The molecule has 0 amide bonds. The van der Waals surface area contributed by atoms with E-state index >= 15 is 0 Å². The molecular weight excluding hydrogens is 340 g/mol. The standard InChI is InChI=1S/C27H29O/c1-5-25(28)27(23-15-8-6-9-16-23,24-17-10-7-11-18-24)19-22(4)26-20(2)13-12-14-21(26)3/h6-18,22H,2,5,19H2,1,3-4H3. The lowest BCUT2D eigenvalue weighted by Crippen LogP contribution is -2.38. The third kappa shape index (κ3) is 3.67. The van der Waals surface area contributed by atoms with Crippen molar-refractivity contribution in [2.24, 2.45) is 0 Å². The van der Waals surface area contributed by atoms with Crippen molar-refractivity contribution >= 4 is 5.78 Å². The van der Waals surface area contributed by atoms with Crippen molar-refractivity contribution in [3.05, 3.63) is 114 Å². The van der Waals surface area contributed by atoms with Crippen LogP contribution in [0.3, 0.4) is 0 Å². The maximum Gasteiger partial charge on any atom is 0.147 e. The molecule has 0 bridgehead atoms. The summed E-state index contributed by atoms with van der Waals surface area (Å²) in [5.74, 6) is 0.459. The minimum Gasteiger partial charge on any atom is -0.298 e. The number of Topliss-reactive ketones (excluding diaryl/α,β-unsaturated/α-hetero) is 1. The van der Waals surface area contributed by atoms with Gasteiger partial charge in [0.25, 0.3) is 0 Å². The highest BCUT2D eigenvalue weighted by Crippen LogP contribution is 2.43. The van der Waals surface area contributed by atoms with Gasteiger partial charge in [0.15, 0.2) is 0 Å². The first-order chi connectivity index (χ1) is 13.5. The second kappa shape index (κ2) is 8.56. The molecule has 1 unspecified atom stereocenters. The van der Waals surface area contributed by atoms with Gasteiger partial charge in [-0.3, -0.25) is 4.79 Å². The fourth-order valence-electron chi connectivity index (χ4n) is 4.59. The van der Waals surface area contributed by atoms with Crippen molar-refractivity contribution in [2.75, 3.05) is 0 Å². The van der Waals surface area contributed by atoms with Gasteiger partial charge in [-0.1, -0.05) is 92.7 Å². The van der Waals surface area contributed by atoms with Gasteiger partial charge in [0.1, 0.15) is 5.78 Å². The molecule has 1 heteroatoms. The molecule has 0 aliphatic rings. The summed E-state index contributed by atoms with van der Waals surface area (Å²) in [6.07, 6.45) is 1.22. The van der Waals surface area contributed by atoms with Gasteiger partial charge in [-0.15, -0.1) is 0 Å². The Kier molecular flexibility index (Phi) is 6.14. The van der Waals surface area contributed by atoms with Gasteiger partial charge in [-0.2, -0.15) is 0 Å². The van der Waals surface area contributed by atoms with Crippen molar-refractivity contribution in [3.63, 3.8) is 0 Å². The number of benzene rings is 3. The molecule has 0 fully saturated rings. The summed E-state index contributed by atoms with van der Waals surface area (Å²) < 4.78 is 0. The van der Waals surface area contributed by atoms with E-state index < -0.39 is 5.41 Å². The van der Waals surface area contributed by atoms with Crippen molar-refractivity contribution in [2.45, 2.75) is 44.9 Å². The first-order valence-electron chi connectivity index (χ1n) is 10.1. The maximum atomic E-state index is 13.6. The molecule has 0 aliphatic heterocycles. The first-order valence-corrected chi connectivity index (χ1v) is 10.1. The van der Waals surface area contributed by atoms with Crippen LogP contribution in [0.4, 0.5) is 0 Å². The topological polar surface area (TPSA) is 17.1 Å². The molecule has 143 valence electrons. The molecule has 3 aromatic carbocycles. The minimum atomic E-state index is -0.661. The fourth-order valence-corrected chi connectivity index (χ4v) is 4.59. The predicted molar refractivity (Wildman–Crippen MR) is 118 cm³/mol. The van der Waals surface area contributed by atoms with Crippen molar-refractivity contribution in [1.29, 1.82) is 0 Å². The molecule has 0 aromatic heterocycles. The summed E-state index contributed by atoms with van der Waals surface area (Å²) in [4.78, 5) is 13.6. The van der Waals surface area contributed by atoms with Gasteiger partial charge in [-0.05, 0) is 54.0 Å². The van der Waals surface area contributed by atoms with Crippen molar-refractivity contribution in [3.8, 4) is 0 Å². The van der Waals surface area contributed by atoms with Gasteiger partial charge in [-0.25, -0.2) is 0 Å². The van der Waals surface area contributed by atoms with E-state index in [0.29, 0.717) is 6.42 Å². The summed E-state index contributed by atoms with van der Waals surface area (Å²) >= 11 is 0. The molecule has 0 heterocycles. The summed E-state index contributed by atoms with van der Waals surface area (Å²) in [5, 5.41) is 0. The molecule has 0 spiro atoms. The predicted octanol–water partition coefficient (Wildman–Crippen LogP) is 6.64. The van der Waals surface area contributed by atoms with Gasteiger partial charge >= 0.3 is 0 Å². The third-order valence-corrected chi connectivity index (χ3v) is 5.85. The molecular formula is C27H29O. The largest absolute Gasteiger partial charge is 0.298 e. The maximum absolute atomic E-state index is 13.6. The number of carbonyl (C=O) groups excluding carboxylic acids is 1. The molecule has 1 radical (unpaired) electrons. The normalized spacial score (nSPS) is 12.6. The van der Waals surface area contributed by atoms with Crippen LogP contribution in [0, 0.1) is 13.8 Å². The number of hydrogen-bond acceptors (Lipinski definition) is 1. The lowest BCUT2D eigenvalue weighted by Gasteiger charge is -2.36. The van der Waals surface area contributed by atoms with Crippen LogP contribution in [-0.4, -0.2) is 5.78 Å². The first kappa shape index (κ1) is 20.1. The van der Waals surface area contributed by atoms with E-state index in [-0.39, 0.29) is 11.7 Å². The Morgan fingerprint density at radius 3 is 1.89 bits per heavy atom. The molecule has 1 nitrogen and oxygen atoms in total. The molecule has 3 rings (SSSR count). The average Bonchev–Trinajstić information content (AvgIpc) is 2.72. The summed E-state index contributed by atoms with van der Waals surface area (Å²) in [7, 11) is 0. The van der Waals surface area contributed by atoms with E-state index in [0.717, 1.165) is 23.1 Å². The number of hydrogen-bond donors (Lipinski definition) is 0. The zero-order chi connectivity index (χ0) is 20.1. The van der Waals surface area contributed by atoms with Crippen LogP contribution in [-0.2, 0) is 10.2 Å². The van der Waals surface area contributed by atoms with E-state index in [1.165, 1.54) is 11.1 Å². The Hall–Kier alpha value is -2.67. The third-order valence-electron chi connectivity index (χ3n) is 5.85. The summed E-state index contributed by atoms with van der Waals surface area (Å²) in [6.45, 7) is 10.6. The Bertz CT molecular complexity index is 865. The minimum absolute atomic E-state index is 0.199. The zero-order valence-corrected chi connectivity index (χ0v) is 17.1. The number of carbonyl (C=O) groups is 1.